The van der Waals surface area contributed by atoms with Gasteiger partial charge >= 0.3 is 11.9 Å². The molecular weight excluding hydrogens is 256 g/mol. The molecule has 0 heterocycles. The number of esters is 1. The van der Waals surface area contributed by atoms with Crippen LogP contribution in [-0.2, 0) is 14.3 Å². The summed E-state index contributed by atoms with van der Waals surface area (Å²) < 4.78 is 4.75. The van der Waals surface area contributed by atoms with Gasteiger partial charge in [-0.05, 0) is 25.7 Å². The molecule has 0 aliphatic rings. The monoisotopic (exact) mass is 288 g/mol. The van der Waals surface area contributed by atoms with Gasteiger partial charge in [0.15, 0.2) is 0 Å². The van der Waals surface area contributed by atoms with Crippen LogP contribution < -0.4 is 0 Å². The summed E-state index contributed by atoms with van der Waals surface area (Å²) in [7, 11) is 0. The van der Waals surface area contributed by atoms with Crippen molar-refractivity contribution in [3.63, 3.8) is 0 Å². The van der Waals surface area contributed by atoms with Crippen molar-refractivity contribution in [3.8, 4) is 0 Å². The molecule has 0 saturated carbocycles. The Kier molecular flexibility index (Phi) is 17.0. The van der Waals surface area contributed by atoms with Crippen molar-refractivity contribution < 1.29 is 19.4 Å². The number of carbonyl (C=O) groups is 2. The van der Waals surface area contributed by atoms with Gasteiger partial charge in [-0.25, -0.2) is 0 Å². The van der Waals surface area contributed by atoms with Crippen molar-refractivity contribution in [2.45, 2.75) is 79.1 Å². The number of carbonyl (C=O) groups excluding carboxylic acids is 1. The number of hydrogen-bond acceptors (Lipinski definition) is 3. The Labute approximate surface area is 123 Å². The predicted molar refractivity (Wildman–Crippen MR) is 81.7 cm³/mol. The first-order valence-corrected chi connectivity index (χ1v) is 7.81. The lowest BCUT2D eigenvalue weighted by Gasteiger charge is -2.01. The minimum Gasteiger partial charge on any atom is -0.481 e. The van der Waals surface area contributed by atoms with Gasteiger partial charge in [0.1, 0.15) is 0 Å². The molecule has 0 aromatic rings. The van der Waals surface area contributed by atoms with Gasteiger partial charge in [0, 0.05) is 12.8 Å². The predicted octanol–water partition coefficient (Wildman–Crippen LogP) is 4.42. The summed E-state index contributed by atoms with van der Waals surface area (Å²) in [4.78, 5) is 20.7. The first kappa shape index (κ1) is 21.2. The summed E-state index contributed by atoms with van der Waals surface area (Å²) in [6.07, 6.45) is 7.17. The maximum Gasteiger partial charge on any atom is 0.305 e. The first-order valence-electron chi connectivity index (χ1n) is 7.81. The number of carboxylic acid groups (broad SMARTS) is 1. The van der Waals surface area contributed by atoms with Gasteiger partial charge in [-0.2, -0.15) is 0 Å². The molecule has 0 aromatic carbocycles. The Bertz CT molecular complexity index is 237. The third kappa shape index (κ3) is 22.1. The van der Waals surface area contributed by atoms with E-state index >= 15 is 0 Å². The van der Waals surface area contributed by atoms with Gasteiger partial charge in [0.05, 0.1) is 6.61 Å². The molecule has 4 nitrogen and oxygen atoms in total. The van der Waals surface area contributed by atoms with E-state index in [0.717, 1.165) is 38.5 Å². The fraction of sp³-hybridized carbons (Fsp3) is 0.875. The average molecular weight is 288 g/mol. The van der Waals surface area contributed by atoms with E-state index in [2.05, 4.69) is 20.8 Å². The van der Waals surface area contributed by atoms with Crippen LogP contribution in [0.3, 0.4) is 0 Å². The Hall–Kier alpha value is -1.06. The van der Waals surface area contributed by atoms with Gasteiger partial charge in [-0.3, -0.25) is 9.59 Å². The Balaban J connectivity index is 0. The van der Waals surface area contributed by atoms with Gasteiger partial charge in [0.2, 0.25) is 0 Å². The van der Waals surface area contributed by atoms with Crippen LogP contribution in [0.15, 0.2) is 0 Å². The average Bonchev–Trinajstić information content (AvgIpc) is 2.36. The highest BCUT2D eigenvalue weighted by Crippen LogP contribution is 2.07. The summed E-state index contributed by atoms with van der Waals surface area (Å²) in [6, 6.07) is 0. The zero-order chi connectivity index (χ0) is 15.8. The van der Waals surface area contributed by atoms with Crippen molar-refractivity contribution in [2.75, 3.05) is 6.61 Å². The third-order valence-corrected chi connectivity index (χ3v) is 2.71. The molecule has 0 radical (unpaired) electrons. The number of carboxylic acids is 1. The number of ether oxygens (including phenoxy) is 1. The molecule has 0 unspecified atom stereocenters. The molecule has 0 aliphatic carbocycles. The molecule has 120 valence electrons. The zero-order valence-corrected chi connectivity index (χ0v) is 13.6. The molecule has 0 rings (SSSR count). The lowest BCUT2D eigenvalue weighted by Crippen LogP contribution is -2.02. The smallest absolute Gasteiger partial charge is 0.305 e. The molecule has 0 amide bonds. The minimum absolute atomic E-state index is 0.0593. The van der Waals surface area contributed by atoms with E-state index in [9.17, 15) is 9.59 Å². The van der Waals surface area contributed by atoms with Crippen molar-refractivity contribution in [1.82, 2.24) is 0 Å². The van der Waals surface area contributed by atoms with Crippen LogP contribution in [0.4, 0.5) is 0 Å². The SMILES string of the molecule is CC(C)CCCCC(=O)O.CCCCCC(=O)OCC. The molecular formula is C16H32O4. The van der Waals surface area contributed by atoms with Crippen molar-refractivity contribution in [1.29, 1.82) is 0 Å². The summed E-state index contributed by atoms with van der Waals surface area (Å²) in [6.45, 7) is 8.76. The number of rotatable bonds is 10. The molecule has 0 fully saturated rings. The minimum atomic E-state index is -0.677. The second-order valence-electron chi connectivity index (χ2n) is 5.30. The van der Waals surface area contributed by atoms with E-state index in [1.54, 1.807) is 0 Å². The molecule has 0 spiro atoms. The summed E-state index contributed by atoms with van der Waals surface area (Å²) >= 11 is 0. The van der Waals surface area contributed by atoms with E-state index < -0.39 is 5.97 Å². The molecule has 20 heavy (non-hydrogen) atoms. The Morgan fingerprint density at radius 1 is 1.00 bits per heavy atom. The quantitative estimate of drug-likeness (QED) is 0.477. The fourth-order valence-corrected chi connectivity index (χ4v) is 1.58. The van der Waals surface area contributed by atoms with Crippen LogP contribution in [0.25, 0.3) is 0 Å². The Morgan fingerprint density at radius 2 is 1.60 bits per heavy atom. The molecule has 0 atom stereocenters. The Morgan fingerprint density at radius 3 is 2.05 bits per heavy atom. The van der Waals surface area contributed by atoms with Crippen molar-refractivity contribution in [3.05, 3.63) is 0 Å². The van der Waals surface area contributed by atoms with Crippen LogP contribution in [0, 0.1) is 5.92 Å². The van der Waals surface area contributed by atoms with E-state index in [4.69, 9.17) is 9.84 Å². The van der Waals surface area contributed by atoms with Crippen LogP contribution in [0.2, 0.25) is 0 Å². The topological polar surface area (TPSA) is 63.6 Å². The molecule has 0 aliphatic heterocycles. The summed E-state index contributed by atoms with van der Waals surface area (Å²) in [5.41, 5.74) is 0. The largest absolute Gasteiger partial charge is 0.481 e. The number of unbranched alkanes of at least 4 members (excludes halogenated alkanes) is 3. The normalized spacial score (nSPS) is 9.85. The maximum atomic E-state index is 10.7. The maximum absolute atomic E-state index is 10.7. The molecule has 4 heteroatoms. The molecule has 0 saturated heterocycles. The highest BCUT2D eigenvalue weighted by atomic mass is 16.5. The van der Waals surface area contributed by atoms with E-state index in [0.29, 0.717) is 25.4 Å². The fourth-order valence-electron chi connectivity index (χ4n) is 1.58. The standard InChI is InChI=1S/2C8H16O2/c1-7(2)5-3-4-6-8(9)10;1-3-5-6-7-8(9)10-4-2/h7H,3-6H2,1-2H3,(H,9,10);3-7H2,1-2H3. The van der Waals surface area contributed by atoms with Gasteiger partial charge in [0.25, 0.3) is 0 Å². The summed E-state index contributed by atoms with van der Waals surface area (Å²) in [5, 5.41) is 8.28. The second kappa shape index (κ2) is 16.0. The number of hydrogen-bond donors (Lipinski definition) is 1. The van der Waals surface area contributed by atoms with E-state index in [1.807, 2.05) is 6.92 Å². The number of aliphatic carboxylic acids is 1. The van der Waals surface area contributed by atoms with Crippen LogP contribution in [0.5, 0.6) is 0 Å². The molecule has 1 N–H and O–H groups in total. The van der Waals surface area contributed by atoms with Gasteiger partial charge in [-0.15, -0.1) is 0 Å². The van der Waals surface area contributed by atoms with Crippen molar-refractivity contribution in [2.24, 2.45) is 5.92 Å². The van der Waals surface area contributed by atoms with E-state index in [-0.39, 0.29) is 5.97 Å². The lowest BCUT2D eigenvalue weighted by molar-refractivity contribution is -0.143. The van der Waals surface area contributed by atoms with Crippen LogP contribution in [-0.4, -0.2) is 23.7 Å². The van der Waals surface area contributed by atoms with Crippen LogP contribution >= 0.6 is 0 Å². The van der Waals surface area contributed by atoms with Crippen LogP contribution in [0.1, 0.15) is 79.1 Å². The van der Waals surface area contributed by atoms with E-state index in [1.165, 1.54) is 0 Å². The van der Waals surface area contributed by atoms with Gasteiger partial charge < -0.3 is 9.84 Å². The summed E-state index contributed by atoms with van der Waals surface area (Å²) in [5.74, 6) is -0.0338. The van der Waals surface area contributed by atoms with Crippen molar-refractivity contribution >= 4 is 11.9 Å². The molecule has 0 bridgehead atoms. The molecule has 0 aromatic heterocycles. The second-order valence-corrected chi connectivity index (χ2v) is 5.30. The van der Waals surface area contributed by atoms with Gasteiger partial charge in [-0.1, -0.05) is 46.5 Å². The third-order valence-electron chi connectivity index (χ3n) is 2.71. The highest BCUT2D eigenvalue weighted by molar-refractivity contribution is 5.69. The highest BCUT2D eigenvalue weighted by Gasteiger charge is 1.98. The zero-order valence-electron chi connectivity index (χ0n) is 13.6. The first-order chi connectivity index (χ1) is 9.43. The lowest BCUT2D eigenvalue weighted by atomic mass is 10.1.